The summed E-state index contributed by atoms with van der Waals surface area (Å²) in [7, 11) is 1.53. The molecule has 0 aliphatic carbocycles. The van der Waals surface area contributed by atoms with Crippen molar-refractivity contribution in [1.82, 2.24) is 10.3 Å². The Morgan fingerprint density at radius 3 is 2.61 bits per heavy atom. The summed E-state index contributed by atoms with van der Waals surface area (Å²) in [5.74, 6) is -1.41. The first-order chi connectivity index (χ1) is 13.6. The van der Waals surface area contributed by atoms with Crippen LogP contribution in [0.25, 0.3) is 22.2 Å². The van der Waals surface area contributed by atoms with Gasteiger partial charge < -0.3 is 14.8 Å². The first-order valence-corrected chi connectivity index (χ1v) is 8.67. The minimum atomic E-state index is -0.635. The smallest absolute Gasteiger partial charge is 0.339 e. The van der Waals surface area contributed by atoms with Crippen LogP contribution in [-0.4, -0.2) is 43.7 Å². The van der Waals surface area contributed by atoms with E-state index in [1.807, 2.05) is 6.07 Å². The number of hydrogen-bond donors (Lipinski definition) is 1. The number of carbonyl (C=O) groups excluding carboxylic acids is 2. The Balaban J connectivity index is 1.85. The van der Waals surface area contributed by atoms with Crippen LogP contribution in [0.1, 0.15) is 10.4 Å². The van der Waals surface area contributed by atoms with Gasteiger partial charge in [0.1, 0.15) is 5.82 Å². The van der Waals surface area contributed by atoms with Gasteiger partial charge in [-0.1, -0.05) is 18.2 Å². The molecule has 1 N–H and O–H groups in total. The minimum Gasteiger partial charge on any atom is -0.452 e. The highest BCUT2D eigenvalue weighted by atomic mass is 19.1. The molecule has 1 aromatic heterocycles. The van der Waals surface area contributed by atoms with Crippen LogP contribution >= 0.6 is 0 Å². The van der Waals surface area contributed by atoms with Crippen molar-refractivity contribution < 1.29 is 23.5 Å². The number of aromatic nitrogens is 1. The number of hydrogen-bond acceptors (Lipinski definition) is 5. The van der Waals surface area contributed by atoms with Crippen LogP contribution in [0.4, 0.5) is 4.39 Å². The van der Waals surface area contributed by atoms with Gasteiger partial charge >= 0.3 is 5.97 Å². The zero-order chi connectivity index (χ0) is 19.9. The van der Waals surface area contributed by atoms with Crippen LogP contribution in [0.2, 0.25) is 0 Å². The molecule has 3 aromatic rings. The average Bonchev–Trinajstić information content (AvgIpc) is 2.72. The predicted molar refractivity (Wildman–Crippen MR) is 102 cm³/mol. The van der Waals surface area contributed by atoms with Gasteiger partial charge in [0.2, 0.25) is 0 Å². The molecule has 0 saturated heterocycles. The monoisotopic (exact) mass is 382 g/mol. The Labute approximate surface area is 161 Å². The molecule has 6 nitrogen and oxygen atoms in total. The maximum absolute atomic E-state index is 13.2. The van der Waals surface area contributed by atoms with Gasteiger partial charge in [-0.25, -0.2) is 14.2 Å². The topological polar surface area (TPSA) is 77.5 Å². The quantitative estimate of drug-likeness (QED) is 0.502. The third kappa shape index (κ3) is 4.69. The number of amides is 1. The fourth-order valence-electron chi connectivity index (χ4n) is 2.67. The number of methoxy groups -OCH3 is 1. The number of benzene rings is 2. The normalized spacial score (nSPS) is 10.6. The highest BCUT2D eigenvalue weighted by Gasteiger charge is 2.16. The summed E-state index contributed by atoms with van der Waals surface area (Å²) in [6.07, 6.45) is 0. The van der Waals surface area contributed by atoms with Crippen molar-refractivity contribution in [2.45, 2.75) is 0 Å². The van der Waals surface area contributed by atoms with E-state index in [0.717, 1.165) is 0 Å². The van der Waals surface area contributed by atoms with E-state index in [2.05, 4.69) is 10.3 Å². The summed E-state index contributed by atoms with van der Waals surface area (Å²) < 4.78 is 23.2. The number of esters is 1. The molecule has 0 aliphatic rings. The maximum atomic E-state index is 13.2. The van der Waals surface area contributed by atoms with E-state index in [1.54, 1.807) is 36.4 Å². The van der Waals surface area contributed by atoms with Gasteiger partial charge in [0.05, 0.1) is 23.4 Å². The van der Waals surface area contributed by atoms with Crippen LogP contribution in [0.3, 0.4) is 0 Å². The molecular weight excluding hydrogens is 363 g/mol. The van der Waals surface area contributed by atoms with Gasteiger partial charge in [-0.3, -0.25) is 4.79 Å². The molecule has 1 amide bonds. The molecule has 0 bridgehead atoms. The second-order valence-corrected chi connectivity index (χ2v) is 6.00. The fourth-order valence-corrected chi connectivity index (χ4v) is 2.67. The Morgan fingerprint density at radius 1 is 1.11 bits per heavy atom. The molecule has 3 rings (SSSR count). The van der Waals surface area contributed by atoms with Crippen molar-refractivity contribution in [3.05, 3.63) is 66.0 Å². The van der Waals surface area contributed by atoms with E-state index in [-0.39, 0.29) is 11.4 Å². The van der Waals surface area contributed by atoms with E-state index in [9.17, 15) is 14.0 Å². The molecule has 0 radical (unpaired) electrons. The molecule has 0 saturated carbocycles. The van der Waals surface area contributed by atoms with Gasteiger partial charge in [-0.05, 0) is 36.4 Å². The number of nitrogens with zero attached hydrogens (tertiary/aromatic N) is 1. The number of fused-ring (bicyclic) bond motifs is 1. The molecule has 7 heteroatoms. The van der Waals surface area contributed by atoms with Gasteiger partial charge in [-0.2, -0.15) is 0 Å². The fraction of sp³-hybridized carbons (Fsp3) is 0.190. The third-order valence-corrected chi connectivity index (χ3v) is 4.04. The molecular formula is C21H19FN2O4. The molecule has 0 spiro atoms. The van der Waals surface area contributed by atoms with Crippen molar-refractivity contribution in [2.75, 3.05) is 26.9 Å². The largest absolute Gasteiger partial charge is 0.452 e. The molecule has 144 valence electrons. The minimum absolute atomic E-state index is 0.287. The van der Waals surface area contributed by atoms with E-state index < -0.39 is 18.5 Å². The number of rotatable bonds is 7. The number of halogens is 1. The molecule has 0 unspecified atom stereocenters. The van der Waals surface area contributed by atoms with Crippen molar-refractivity contribution in [1.29, 1.82) is 0 Å². The molecule has 28 heavy (non-hydrogen) atoms. The Bertz CT molecular complexity index is 989. The SMILES string of the molecule is COCCNC(=O)COC(=O)c1cc(-c2ccc(F)cc2)nc2ccccc12. The predicted octanol–water partition coefficient (Wildman–Crippen LogP) is 2.96. The summed E-state index contributed by atoms with van der Waals surface area (Å²) in [6, 6.07) is 14.5. The van der Waals surface area contributed by atoms with Gasteiger partial charge in [0.15, 0.2) is 6.61 Å². The maximum Gasteiger partial charge on any atom is 0.339 e. The van der Waals surface area contributed by atoms with Crippen LogP contribution in [0.5, 0.6) is 0 Å². The molecule has 0 atom stereocenters. The first-order valence-electron chi connectivity index (χ1n) is 8.67. The highest BCUT2D eigenvalue weighted by molar-refractivity contribution is 6.05. The van der Waals surface area contributed by atoms with Crippen LogP contribution in [0, 0.1) is 5.82 Å². The Hall–Kier alpha value is -3.32. The number of ether oxygens (including phenoxy) is 2. The van der Waals surface area contributed by atoms with Crippen LogP contribution in [0.15, 0.2) is 54.6 Å². The van der Waals surface area contributed by atoms with Crippen molar-refractivity contribution in [2.24, 2.45) is 0 Å². The Kier molecular flexibility index (Phi) is 6.29. The second kappa shape index (κ2) is 9.05. The lowest BCUT2D eigenvalue weighted by molar-refractivity contribution is -0.124. The Morgan fingerprint density at radius 2 is 1.86 bits per heavy atom. The summed E-state index contributed by atoms with van der Waals surface area (Å²) >= 11 is 0. The zero-order valence-electron chi connectivity index (χ0n) is 15.3. The van der Waals surface area contributed by atoms with Crippen molar-refractivity contribution >= 4 is 22.8 Å². The highest BCUT2D eigenvalue weighted by Crippen LogP contribution is 2.25. The zero-order valence-corrected chi connectivity index (χ0v) is 15.3. The van der Waals surface area contributed by atoms with Crippen LogP contribution in [-0.2, 0) is 14.3 Å². The number of pyridine rings is 1. The molecule has 1 heterocycles. The van der Waals surface area contributed by atoms with Gasteiger partial charge in [-0.15, -0.1) is 0 Å². The summed E-state index contributed by atoms with van der Waals surface area (Å²) in [5, 5.41) is 3.19. The van der Waals surface area contributed by atoms with Gasteiger partial charge in [0.25, 0.3) is 5.91 Å². The third-order valence-electron chi connectivity index (χ3n) is 4.04. The van der Waals surface area contributed by atoms with E-state index in [4.69, 9.17) is 9.47 Å². The summed E-state index contributed by atoms with van der Waals surface area (Å²) in [5.41, 5.74) is 2.06. The first kappa shape index (κ1) is 19.4. The number of carbonyl (C=O) groups is 2. The lowest BCUT2D eigenvalue weighted by Gasteiger charge is -2.10. The van der Waals surface area contributed by atoms with Crippen molar-refractivity contribution in [3.8, 4) is 11.3 Å². The number of para-hydroxylation sites is 1. The second-order valence-electron chi connectivity index (χ2n) is 6.00. The summed E-state index contributed by atoms with van der Waals surface area (Å²) in [6.45, 7) is 0.306. The molecule has 0 fully saturated rings. The van der Waals surface area contributed by atoms with Gasteiger partial charge in [0, 0.05) is 24.6 Å². The van der Waals surface area contributed by atoms with E-state index >= 15 is 0 Å². The lowest BCUT2D eigenvalue weighted by Crippen LogP contribution is -2.31. The lowest BCUT2D eigenvalue weighted by atomic mass is 10.0. The van der Waals surface area contributed by atoms with Crippen LogP contribution < -0.4 is 5.32 Å². The molecule has 2 aromatic carbocycles. The van der Waals surface area contributed by atoms with E-state index in [0.29, 0.717) is 35.3 Å². The van der Waals surface area contributed by atoms with E-state index in [1.165, 1.54) is 19.2 Å². The summed E-state index contributed by atoms with van der Waals surface area (Å²) in [4.78, 5) is 28.9. The number of nitrogens with one attached hydrogen (secondary N) is 1. The van der Waals surface area contributed by atoms with Crippen molar-refractivity contribution in [3.63, 3.8) is 0 Å². The molecule has 0 aliphatic heterocycles. The standard InChI is InChI=1S/C21H19FN2O4/c1-27-11-10-23-20(25)13-28-21(26)17-12-19(14-6-8-15(22)9-7-14)24-18-5-3-2-4-16(17)18/h2-9,12H,10-11,13H2,1H3,(H,23,25). The average molecular weight is 382 g/mol.